The third-order valence-electron chi connectivity index (χ3n) is 6.89. The molecule has 5 rings (SSSR count). The van der Waals surface area contributed by atoms with Crippen molar-refractivity contribution in [1.82, 2.24) is 5.32 Å². The van der Waals surface area contributed by atoms with Crippen LogP contribution in [-0.4, -0.2) is 17.7 Å². The Hall–Kier alpha value is -5.13. The van der Waals surface area contributed by atoms with Gasteiger partial charge in [-0.2, -0.15) is 13.2 Å². The summed E-state index contributed by atoms with van der Waals surface area (Å²) in [6, 6.07) is 35.9. The van der Waals surface area contributed by atoms with Crippen LogP contribution in [0.2, 0.25) is 0 Å². The molecule has 242 valence electrons. The van der Waals surface area contributed by atoms with Crippen molar-refractivity contribution < 1.29 is 27.6 Å². The number of hydrogen-bond donors (Lipinski definition) is 3. The average molecular weight is 731 g/mol. The van der Waals surface area contributed by atoms with Crippen LogP contribution in [0.3, 0.4) is 0 Å². The minimum Gasteiger partial charge on any atom is -0.324 e. The molecule has 0 aromatic heterocycles. The molecule has 1 unspecified atom stereocenters. The molecular formula is C37H27BrF3N3O3S. The van der Waals surface area contributed by atoms with Crippen molar-refractivity contribution in [3.8, 4) is 0 Å². The van der Waals surface area contributed by atoms with E-state index in [9.17, 15) is 27.6 Å². The SMILES string of the molecule is O=C(Nc1ccc(SC(C(=O)Nc2ccccc2C(F)(F)F)c2ccccc2)cc1)/C(=C/c1cccc(Br)c1)NC(=O)c1ccccc1. The molecule has 0 bridgehead atoms. The average Bonchev–Trinajstić information content (AvgIpc) is 3.08. The zero-order chi connectivity index (χ0) is 34.1. The molecule has 11 heteroatoms. The first-order chi connectivity index (χ1) is 23.1. The van der Waals surface area contributed by atoms with E-state index in [0.717, 1.165) is 22.3 Å². The van der Waals surface area contributed by atoms with Crippen LogP contribution in [0.25, 0.3) is 6.08 Å². The van der Waals surface area contributed by atoms with Crippen molar-refractivity contribution >= 4 is 62.9 Å². The highest BCUT2D eigenvalue weighted by Crippen LogP contribution is 2.39. The number of carbonyl (C=O) groups excluding carboxylic acids is 3. The second-order valence-electron chi connectivity index (χ2n) is 10.4. The third kappa shape index (κ3) is 9.24. The van der Waals surface area contributed by atoms with E-state index in [4.69, 9.17) is 0 Å². The highest BCUT2D eigenvalue weighted by Gasteiger charge is 2.34. The fraction of sp³-hybridized carbons (Fsp3) is 0.0541. The van der Waals surface area contributed by atoms with Gasteiger partial charge in [0.05, 0.1) is 11.3 Å². The van der Waals surface area contributed by atoms with Crippen molar-refractivity contribution in [2.45, 2.75) is 16.3 Å². The summed E-state index contributed by atoms with van der Waals surface area (Å²) in [5, 5.41) is 7.06. The van der Waals surface area contributed by atoms with Crippen molar-refractivity contribution in [2.24, 2.45) is 0 Å². The lowest BCUT2D eigenvalue weighted by Crippen LogP contribution is -2.30. The number of thioether (sulfide) groups is 1. The third-order valence-corrected chi connectivity index (χ3v) is 8.64. The number of nitrogens with one attached hydrogen (secondary N) is 3. The van der Waals surface area contributed by atoms with E-state index in [1.54, 1.807) is 109 Å². The monoisotopic (exact) mass is 729 g/mol. The molecule has 1 atom stereocenters. The van der Waals surface area contributed by atoms with Gasteiger partial charge in [0.25, 0.3) is 11.8 Å². The number of benzene rings is 5. The molecule has 3 N–H and O–H groups in total. The predicted octanol–water partition coefficient (Wildman–Crippen LogP) is 9.35. The second kappa shape index (κ2) is 15.6. The first-order valence-corrected chi connectivity index (χ1v) is 16.2. The van der Waals surface area contributed by atoms with E-state index >= 15 is 0 Å². The zero-order valence-corrected chi connectivity index (χ0v) is 27.4. The van der Waals surface area contributed by atoms with Gasteiger partial charge in [-0.1, -0.05) is 88.7 Å². The summed E-state index contributed by atoms with van der Waals surface area (Å²) < 4.78 is 41.6. The number of halogens is 4. The van der Waals surface area contributed by atoms with Crippen molar-refractivity contribution in [2.75, 3.05) is 10.6 Å². The van der Waals surface area contributed by atoms with Gasteiger partial charge < -0.3 is 16.0 Å². The van der Waals surface area contributed by atoms with E-state index in [-0.39, 0.29) is 11.4 Å². The fourth-order valence-corrected chi connectivity index (χ4v) is 6.04. The van der Waals surface area contributed by atoms with E-state index in [1.165, 1.54) is 18.2 Å². The first-order valence-electron chi connectivity index (χ1n) is 14.5. The van der Waals surface area contributed by atoms with Gasteiger partial charge in [0, 0.05) is 20.6 Å². The maximum Gasteiger partial charge on any atom is 0.418 e. The number of para-hydroxylation sites is 1. The highest BCUT2D eigenvalue weighted by molar-refractivity contribution is 9.10. The van der Waals surface area contributed by atoms with Crippen LogP contribution in [0, 0.1) is 0 Å². The molecular weight excluding hydrogens is 703 g/mol. The summed E-state index contributed by atoms with van der Waals surface area (Å²) in [7, 11) is 0. The maximum absolute atomic E-state index is 13.6. The predicted molar refractivity (Wildman–Crippen MR) is 186 cm³/mol. The lowest BCUT2D eigenvalue weighted by molar-refractivity contribution is -0.137. The number of rotatable bonds is 10. The molecule has 0 aliphatic carbocycles. The van der Waals surface area contributed by atoms with Gasteiger partial charge in [0.2, 0.25) is 5.91 Å². The lowest BCUT2D eigenvalue weighted by Gasteiger charge is -2.19. The molecule has 0 aliphatic rings. The van der Waals surface area contributed by atoms with E-state index in [2.05, 4.69) is 31.9 Å². The Morgan fingerprint density at radius 3 is 2.04 bits per heavy atom. The van der Waals surface area contributed by atoms with Crippen molar-refractivity contribution in [3.05, 3.63) is 166 Å². The van der Waals surface area contributed by atoms with Crippen LogP contribution >= 0.6 is 27.7 Å². The van der Waals surface area contributed by atoms with Crippen LogP contribution in [0.5, 0.6) is 0 Å². The van der Waals surface area contributed by atoms with E-state index in [0.29, 0.717) is 27.3 Å². The van der Waals surface area contributed by atoms with Gasteiger partial charge in [0.1, 0.15) is 10.9 Å². The van der Waals surface area contributed by atoms with Crippen LogP contribution in [0.1, 0.15) is 32.3 Å². The van der Waals surface area contributed by atoms with Crippen LogP contribution in [0.4, 0.5) is 24.5 Å². The van der Waals surface area contributed by atoms with Gasteiger partial charge in [-0.15, -0.1) is 11.8 Å². The maximum atomic E-state index is 13.6. The molecule has 6 nitrogen and oxygen atoms in total. The molecule has 0 spiro atoms. The number of amides is 3. The van der Waals surface area contributed by atoms with E-state index < -0.39 is 34.7 Å². The Kier molecular flexibility index (Phi) is 11.1. The minimum absolute atomic E-state index is 0.0142. The van der Waals surface area contributed by atoms with Gasteiger partial charge >= 0.3 is 6.18 Å². The zero-order valence-electron chi connectivity index (χ0n) is 25.0. The smallest absolute Gasteiger partial charge is 0.324 e. The molecule has 0 saturated heterocycles. The molecule has 48 heavy (non-hydrogen) atoms. The molecule has 5 aromatic carbocycles. The summed E-state index contributed by atoms with van der Waals surface area (Å²) >= 11 is 4.56. The normalized spacial score (nSPS) is 12.1. The second-order valence-corrected chi connectivity index (χ2v) is 12.4. The summed E-state index contributed by atoms with van der Waals surface area (Å²) in [6.45, 7) is 0. The molecule has 3 amide bonds. The molecule has 0 saturated carbocycles. The lowest BCUT2D eigenvalue weighted by atomic mass is 10.1. The number of alkyl halides is 3. The van der Waals surface area contributed by atoms with E-state index in [1.807, 2.05) is 6.07 Å². The Morgan fingerprint density at radius 1 is 0.729 bits per heavy atom. The highest BCUT2D eigenvalue weighted by atomic mass is 79.9. The summed E-state index contributed by atoms with van der Waals surface area (Å²) in [6.07, 6.45) is -3.08. The Balaban J connectivity index is 1.34. The van der Waals surface area contributed by atoms with Gasteiger partial charge in [-0.25, -0.2) is 0 Å². The van der Waals surface area contributed by atoms with Crippen molar-refractivity contribution in [1.29, 1.82) is 0 Å². The molecule has 0 aliphatic heterocycles. The topological polar surface area (TPSA) is 87.3 Å². The van der Waals surface area contributed by atoms with Crippen molar-refractivity contribution in [3.63, 3.8) is 0 Å². The molecule has 5 aromatic rings. The minimum atomic E-state index is -4.64. The Labute approximate surface area is 287 Å². The van der Waals surface area contributed by atoms with Crippen LogP contribution in [0.15, 0.2) is 149 Å². The van der Waals surface area contributed by atoms with Crippen LogP contribution < -0.4 is 16.0 Å². The number of carbonyl (C=O) groups is 3. The molecule has 0 heterocycles. The van der Waals surface area contributed by atoms with Gasteiger partial charge in [-0.05, 0) is 77.9 Å². The Bertz CT molecular complexity index is 1940. The van der Waals surface area contributed by atoms with Gasteiger partial charge in [0.15, 0.2) is 0 Å². The summed E-state index contributed by atoms with van der Waals surface area (Å²) in [5.74, 6) is -1.65. The summed E-state index contributed by atoms with van der Waals surface area (Å²) in [4.78, 5) is 40.4. The largest absolute Gasteiger partial charge is 0.418 e. The number of hydrogen-bond acceptors (Lipinski definition) is 4. The quantitative estimate of drug-likeness (QED) is 0.0988. The fourth-order valence-electron chi connectivity index (χ4n) is 4.60. The molecule has 0 fully saturated rings. The van der Waals surface area contributed by atoms with Crippen LogP contribution in [-0.2, 0) is 15.8 Å². The number of anilines is 2. The Morgan fingerprint density at radius 2 is 1.38 bits per heavy atom. The first kappa shape index (κ1) is 34.2. The summed E-state index contributed by atoms with van der Waals surface area (Å²) in [5.41, 5.74) is 0.810. The standard InChI is InChI=1S/C37H27BrF3N3O3S/c38-27-15-9-10-24(22-27)23-32(44-34(45)26-13-5-2-6-14-26)35(46)42-28-18-20-29(21-19-28)48-33(25-11-3-1-4-12-25)36(47)43-31-17-8-7-16-30(31)37(39,40)41/h1-23,33H,(H,42,46)(H,43,47)(H,44,45)/b32-23-. The molecule has 0 radical (unpaired) electrons. The van der Waals surface area contributed by atoms with Gasteiger partial charge in [-0.3, -0.25) is 14.4 Å².